The molecule has 2 rings (SSSR count). The summed E-state index contributed by atoms with van der Waals surface area (Å²) in [6.45, 7) is 0. The van der Waals surface area contributed by atoms with Crippen LogP contribution in [0.4, 0.5) is 0 Å². The average Bonchev–Trinajstić information content (AvgIpc) is 2.79. The minimum absolute atomic E-state index is 0.0549. The van der Waals surface area contributed by atoms with Crippen LogP contribution in [0, 0.1) is 0 Å². The fourth-order valence-electron chi connectivity index (χ4n) is 1.35. The number of hydrogen-bond donors (Lipinski definition) is 2. The topological polar surface area (TPSA) is 51.2 Å². The summed E-state index contributed by atoms with van der Waals surface area (Å²) in [4.78, 5) is 0. The van der Waals surface area contributed by atoms with Crippen molar-refractivity contribution in [1.82, 2.24) is 5.43 Å². The summed E-state index contributed by atoms with van der Waals surface area (Å²) in [5.74, 6) is 5.55. The predicted octanol–water partition coefficient (Wildman–Crippen LogP) is 3.42. The van der Waals surface area contributed by atoms with Crippen LogP contribution in [0.25, 0.3) is 0 Å². The fourth-order valence-corrected chi connectivity index (χ4v) is 4.26. The fraction of sp³-hybridized carbons (Fsp3) is 0.111. The Kier molecular flexibility index (Phi) is 3.63. The van der Waals surface area contributed by atoms with Gasteiger partial charge in [-0.15, -0.1) is 11.3 Å². The molecule has 2 aromatic heterocycles. The van der Waals surface area contributed by atoms with Gasteiger partial charge in [-0.25, -0.2) is 5.43 Å². The van der Waals surface area contributed by atoms with E-state index in [4.69, 9.17) is 10.3 Å². The van der Waals surface area contributed by atoms with E-state index >= 15 is 0 Å². The van der Waals surface area contributed by atoms with Crippen molar-refractivity contribution < 1.29 is 4.42 Å². The van der Waals surface area contributed by atoms with Crippen molar-refractivity contribution in [2.45, 2.75) is 6.04 Å². The summed E-state index contributed by atoms with van der Waals surface area (Å²) in [6, 6.07) is 3.87. The van der Waals surface area contributed by atoms with Gasteiger partial charge in [-0.1, -0.05) is 0 Å². The van der Waals surface area contributed by atoms with E-state index in [1.807, 2.05) is 12.1 Å². The maximum atomic E-state index is 5.55. The molecule has 0 amide bonds. The maximum Gasteiger partial charge on any atom is 0.0954 e. The van der Waals surface area contributed by atoms with Gasteiger partial charge in [0, 0.05) is 11.1 Å². The molecule has 15 heavy (non-hydrogen) atoms. The Labute approximate surface area is 108 Å². The van der Waals surface area contributed by atoms with Crippen LogP contribution in [-0.4, -0.2) is 0 Å². The standard InChI is InChI=1S/C9H8Br2N2OS/c10-7-3-6(9(11)15-7)8(13-12)5-1-2-14-4-5/h1-4,8,13H,12H2. The number of furan rings is 1. The summed E-state index contributed by atoms with van der Waals surface area (Å²) in [5.41, 5.74) is 4.87. The molecule has 3 N–H and O–H groups in total. The molecule has 0 bridgehead atoms. The van der Waals surface area contributed by atoms with Crippen molar-refractivity contribution in [2.24, 2.45) is 5.84 Å². The molecule has 0 aromatic carbocycles. The Morgan fingerprint density at radius 1 is 1.47 bits per heavy atom. The summed E-state index contributed by atoms with van der Waals surface area (Å²) >= 11 is 8.56. The highest BCUT2D eigenvalue weighted by Crippen LogP contribution is 2.37. The highest BCUT2D eigenvalue weighted by molar-refractivity contribution is 9.12. The first-order chi connectivity index (χ1) is 7.22. The number of halogens is 2. The molecule has 0 radical (unpaired) electrons. The van der Waals surface area contributed by atoms with Crippen molar-refractivity contribution in [2.75, 3.05) is 0 Å². The third-order valence-electron chi connectivity index (χ3n) is 2.04. The van der Waals surface area contributed by atoms with E-state index in [1.54, 1.807) is 23.9 Å². The van der Waals surface area contributed by atoms with E-state index in [1.165, 1.54) is 0 Å². The predicted molar refractivity (Wildman–Crippen MR) is 67.6 cm³/mol. The second-order valence-corrected chi connectivity index (χ2v) is 6.69. The molecule has 0 spiro atoms. The van der Waals surface area contributed by atoms with Gasteiger partial charge in [0.2, 0.25) is 0 Å². The highest BCUT2D eigenvalue weighted by atomic mass is 79.9. The summed E-state index contributed by atoms with van der Waals surface area (Å²) in [7, 11) is 0. The van der Waals surface area contributed by atoms with E-state index in [0.717, 1.165) is 18.7 Å². The summed E-state index contributed by atoms with van der Waals surface area (Å²) < 4.78 is 7.16. The van der Waals surface area contributed by atoms with Gasteiger partial charge in [-0.3, -0.25) is 5.84 Å². The van der Waals surface area contributed by atoms with Crippen molar-refractivity contribution in [1.29, 1.82) is 0 Å². The second kappa shape index (κ2) is 4.80. The van der Waals surface area contributed by atoms with Crippen LogP contribution in [-0.2, 0) is 0 Å². The Morgan fingerprint density at radius 3 is 2.73 bits per heavy atom. The van der Waals surface area contributed by atoms with E-state index < -0.39 is 0 Å². The van der Waals surface area contributed by atoms with Gasteiger partial charge in [-0.05, 0) is 44.0 Å². The van der Waals surface area contributed by atoms with Crippen LogP contribution in [0.5, 0.6) is 0 Å². The van der Waals surface area contributed by atoms with Gasteiger partial charge in [0.05, 0.1) is 26.1 Å². The van der Waals surface area contributed by atoms with Gasteiger partial charge >= 0.3 is 0 Å². The molecule has 0 aliphatic heterocycles. The summed E-state index contributed by atoms with van der Waals surface area (Å²) in [6.07, 6.45) is 3.32. The zero-order chi connectivity index (χ0) is 10.8. The van der Waals surface area contributed by atoms with Gasteiger partial charge in [-0.2, -0.15) is 0 Å². The highest BCUT2D eigenvalue weighted by Gasteiger charge is 2.18. The van der Waals surface area contributed by atoms with Crippen LogP contribution in [0.2, 0.25) is 0 Å². The molecular weight excluding hydrogens is 344 g/mol. The van der Waals surface area contributed by atoms with E-state index in [2.05, 4.69) is 37.3 Å². The van der Waals surface area contributed by atoms with Crippen LogP contribution in [0.3, 0.4) is 0 Å². The van der Waals surface area contributed by atoms with Crippen molar-refractivity contribution in [3.63, 3.8) is 0 Å². The molecule has 0 saturated carbocycles. The third kappa shape index (κ3) is 2.34. The molecule has 2 heterocycles. The number of hydrazine groups is 1. The van der Waals surface area contributed by atoms with E-state index in [-0.39, 0.29) is 6.04 Å². The first kappa shape index (κ1) is 11.3. The van der Waals surface area contributed by atoms with Crippen LogP contribution in [0.15, 0.2) is 36.6 Å². The Morgan fingerprint density at radius 2 is 2.27 bits per heavy atom. The van der Waals surface area contributed by atoms with Gasteiger partial charge < -0.3 is 4.42 Å². The first-order valence-electron chi connectivity index (χ1n) is 4.15. The lowest BCUT2D eigenvalue weighted by Crippen LogP contribution is -2.28. The molecule has 6 heteroatoms. The first-order valence-corrected chi connectivity index (χ1v) is 6.55. The molecule has 0 saturated heterocycles. The minimum Gasteiger partial charge on any atom is -0.472 e. The summed E-state index contributed by atoms with van der Waals surface area (Å²) in [5, 5.41) is 0. The number of nitrogens with two attached hydrogens (primary N) is 1. The van der Waals surface area contributed by atoms with Gasteiger partial charge in [0.1, 0.15) is 0 Å². The van der Waals surface area contributed by atoms with E-state index in [9.17, 15) is 0 Å². The van der Waals surface area contributed by atoms with Gasteiger partial charge in [0.25, 0.3) is 0 Å². The molecular formula is C9H8Br2N2OS. The second-order valence-electron chi connectivity index (χ2n) is 2.94. The monoisotopic (exact) mass is 350 g/mol. The zero-order valence-corrected chi connectivity index (χ0v) is 11.5. The molecule has 1 unspecified atom stereocenters. The SMILES string of the molecule is NNC(c1ccoc1)c1cc(Br)sc1Br. The third-order valence-corrected chi connectivity index (χ3v) is 4.42. The quantitative estimate of drug-likeness (QED) is 0.658. The lowest BCUT2D eigenvalue weighted by Gasteiger charge is -2.12. The smallest absolute Gasteiger partial charge is 0.0954 e. The van der Waals surface area contributed by atoms with Crippen LogP contribution >= 0.6 is 43.2 Å². The lowest BCUT2D eigenvalue weighted by molar-refractivity contribution is 0.553. The van der Waals surface area contributed by atoms with Gasteiger partial charge in [0.15, 0.2) is 0 Å². The number of thiophene rings is 1. The van der Waals surface area contributed by atoms with Crippen LogP contribution < -0.4 is 11.3 Å². The Balaban J connectivity index is 2.39. The van der Waals surface area contributed by atoms with E-state index in [0.29, 0.717) is 0 Å². The maximum absolute atomic E-state index is 5.55. The molecule has 2 aromatic rings. The number of rotatable bonds is 3. The normalized spacial score (nSPS) is 13.0. The molecule has 3 nitrogen and oxygen atoms in total. The Hall–Kier alpha value is -0.140. The lowest BCUT2D eigenvalue weighted by atomic mass is 10.1. The zero-order valence-electron chi connectivity index (χ0n) is 7.54. The number of hydrogen-bond acceptors (Lipinski definition) is 4. The van der Waals surface area contributed by atoms with Crippen molar-refractivity contribution in [3.8, 4) is 0 Å². The Bertz CT molecular complexity index is 441. The molecule has 0 aliphatic rings. The molecule has 80 valence electrons. The largest absolute Gasteiger partial charge is 0.472 e. The average molecular weight is 352 g/mol. The molecule has 0 aliphatic carbocycles. The molecule has 0 fully saturated rings. The molecule has 1 atom stereocenters. The van der Waals surface area contributed by atoms with Crippen molar-refractivity contribution >= 4 is 43.2 Å². The number of nitrogens with one attached hydrogen (secondary N) is 1. The van der Waals surface area contributed by atoms with Crippen molar-refractivity contribution in [3.05, 3.63) is 43.4 Å². The van der Waals surface area contributed by atoms with Crippen LogP contribution in [0.1, 0.15) is 17.2 Å². The minimum atomic E-state index is -0.0549.